The molecule has 2 heterocycles. The van der Waals surface area contributed by atoms with E-state index in [1.165, 1.54) is 62.4 Å². The Morgan fingerprint density at radius 3 is 2.88 bits per heavy atom. The summed E-state index contributed by atoms with van der Waals surface area (Å²) >= 11 is 3.78. The average molecular weight is 510 g/mol. The van der Waals surface area contributed by atoms with Crippen LogP contribution in [0.15, 0.2) is 10.4 Å². The van der Waals surface area contributed by atoms with Crippen LogP contribution in [0.2, 0.25) is 0 Å². The minimum atomic E-state index is 0. The van der Waals surface area contributed by atoms with Crippen LogP contribution in [0, 0.1) is 0 Å². The van der Waals surface area contributed by atoms with E-state index in [0.29, 0.717) is 6.04 Å². The summed E-state index contributed by atoms with van der Waals surface area (Å²) in [5, 5.41) is 11.3. The van der Waals surface area contributed by atoms with Crippen LogP contribution >= 0.6 is 47.1 Å². The van der Waals surface area contributed by atoms with E-state index in [1.54, 1.807) is 11.3 Å². The summed E-state index contributed by atoms with van der Waals surface area (Å²) in [5.41, 5.74) is 1.19. The summed E-state index contributed by atoms with van der Waals surface area (Å²) in [7, 11) is 1.86. The second-order valence-electron chi connectivity index (χ2n) is 6.93. The molecule has 26 heavy (non-hydrogen) atoms. The van der Waals surface area contributed by atoms with Crippen LogP contribution in [0.25, 0.3) is 0 Å². The van der Waals surface area contributed by atoms with Gasteiger partial charge in [-0.2, -0.15) is 11.8 Å². The smallest absolute Gasteiger partial charge is 0.191 e. The summed E-state index contributed by atoms with van der Waals surface area (Å²) in [6, 6.07) is 0.554. The fourth-order valence-corrected chi connectivity index (χ4v) is 5.39. The van der Waals surface area contributed by atoms with E-state index in [9.17, 15) is 0 Å². The molecule has 1 aliphatic heterocycles. The first-order valence-corrected chi connectivity index (χ1v) is 11.6. The highest BCUT2D eigenvalue weighted by Crippen LogP contribution is 2.27. The molecule has 0 aromatic carbocycles. The third-order valence-corrected chi connectivity index (χ3v) is 7.16. The summed E-state index contributed by atoms with van der Waals surface area (Å²) in [5.74, 6) is 0.932. The molecule has 8 heteroatoms. The molecule has 1 aromatic heterocycles. The average Bonchev–Trinajstić information content (AvgIpc) is 3.32. The second kappa shape index (κ2) is 11.6. The van der Waals surface area contributed by atoms with Crippen molar-refractivity contribution in [3.8, 4) is 0 Å². The van der Waals surface area contributed by atoms with Crippen LogP contribution in [0.1, 0.15) is 44.2 Å². The number of aliphatic imine (C=N–C) groups is 1. The van der Waals surface area contributed by atoms with Crippen LogP contribution in [0.3, 0.4) is 0 Å². The van der Waals surface area contributed by atoms with Crippen molar-refractivity contribution in [1.82, 2.24) is 15.6 Å². The van der Waals surface area contributed by atoms with Gasteiger partial charge in [0.1, 0.15) is 0 Å². The molecule has 3 rings (SSSR count). The number of thiazole rings is 1. The number of halogens is 1. The Labute approximate surface area is 183 Å². The molecule has 2 atom stereocenters. The number of thioether (sulfide) groups is 1. The predicted octanol–water partition coefficient (Wildman–Crippen LogP) is 3.74. The summed E-state index contributed by atoms with van der Waals surface area (Å²) in [4.78, 5) is 11.6. The van der Waals surface area contributed by atoms with E-state index in [0.717, 1.165) is 24.2 Å². The number of guanidine groups is 1. The Morgan fingerprint density at radius 2 is 2.15 bits per heavy atom. The highest BCUT2D eigenvalue weighted by Gasteiger charge is 2.22. The van der Waals surface area contributed by atoms with Crippen LogP contribution in [0.4, 0.5) is 5.13 Å². The van der Waals surface area contributed by atoms with Gasteiger partial charge < -0.3 is 15.5 Å². The molecule has 0 amide bonds. The zero-order valence-electron chi connectivity index (χ0n) is 15.9. The van der Waals surface area contributed by atoms with E-state index in [1.807, 2.05) is 18.8 Å². The van der Waals surface area contributed by atoms with Gasteiger partial charge in [0.2, 0.25) is 0 Å². The normalized spacial score (nSPS) is 23.6. The number of anilines is 1. The SMILES string of the molecule is CN=C(NCCc1csc(N2CCCC2)n1)NC1CCCC(SC)C1.I. The first-order chi connectivity index (χ1) is 12.3. The van der Waals surface area contributed by atoms with Gasteiger partial charge in [0.25, 0.3) is 0 Å². The molecule has 2 aliphatic rings. The zero-order valence-corrected chi connectivity index (χ0v) is 19.8. The molecule has 0 bridgehead atoms. The quantitative estimate of drug-likeness (QED) is 0.348. The van der Waals surface area contributed by atoms with Gasteiger partial charge in [0.05, 0.1) is 5.69 Å². The van der Waals surface area contributed by atoms with Gasteiger partial charge in [-0.15, -0.1) is 35.3 Å². The molecule has 2 N–H and O–H groups in total. The van der Waals surface area contributed by atoms with E-state index in [2.05, 4.69) is 32.2 Å². The minimum Gasteiger partial charge on any atom is -0.356 e. The Bertz CT molecular complexity index is 560. The molecule has 2 fully saturated rings. The van der Waals surface area contributed by atoms with E-state index in [4.69, 9.17) is 4.98 Å². The van der Waals surface area contributed by atoms with Crippen molar-refractivity contribution in [1.29, 1.82) is 0 Å². The van der Waals surface area contributed by atoms with Crippen molar-refractivity contribution in [3.63, 3.8) is 0 Å². The van der Waals surface area contributed by atoms with Crippen molar-refractivity contribution < 1.29 is 0 Å². The van der Waals surface area contributed by atoms with Gasteiger partial charge >= 0.3 is 0 Å². The standard InChI is InChI=1S/C18H31N5S2.HI/c1-19-17(21-14-6-5-7-16(12-14)24-2)20-9-8-15-13-25-18(22-15)23-10-3-4-11-23;/h13-14,16H,3-12H2,1-2H3,(H2,19,20,21);1H. The molecule has 1 aliphatic carbocycles. The van der Waals surface area contributed by atoms with Crippen molar-refractivity contribution in [2.45, 2.75) is 56.2 Å². The van der Waals surface area contributed by atoms with E-state index in [-0.39, 0.29) is 24.0 Å². The number of nitrogens with zero attached hydrogens (tertiary/aromatic N) is 3. The Hall–Kier alpha value is -0.220. The lowest BCUT2D eigenvalue weighted by Crippen LogP contribution is -2.46. The van der Waals surface area contributed by atoms with Crippen molar-refractivity contribution in [2.75, 3.05) is 37.8 Å². The number of aromatic nitrogens is 1. The monoisotopic (exact) mass is 509 g/mol. The van der Waals surface area contributed by atoms with Crippen molar-refractivity contribution in [2.24, 2.45) is 4.99 Å². The van der Waals surface area contributed by atoms with Crippen molar-refractivity contribution in [3.05, 3.63) is 11.1 Å². The first-order valence-electron chi connectivity index (χ1n) is 9.48. The predicted molar refractivity (Wildman–Crippen MR) is 127 cm³/mol. The molecule has 148 valence electrons. The molecular weight excluding hydrogens is 477 g/mol. The summed E-state index contributed by atoms with van der Waals surface area (Å²) in [6.45, 7) is 3.21. The van der Waals surface area contributed by atoms with Gasteiger partial charge in [0.15, 0.2) is 11.1 Å². The van der Waals surface area contributed by atoms with E-state index < -0.39 is 0 Å². The minimum absolute atomic E-state index is 0. The third kappa shape index (κ3) is 6.44. The molecule has 1 saturated carbocycles. The topological polar surface area (TPSA) is 52.6 Å². The lowest BCUT2D eigenvalue weighted by atomic mass is 9.95. The van der Waals surface area contributed by atoms with Crippen molar-refractivity contribution >= 4 is 58.2 Å². The lowest BCUT2D eigenvalue weighted by molar-refractivity contribution is 0.419. The Balaban J connectivity index is 0.00000243. The fraction of sp³-hybridized carbons (Fsp3) is 0.778. The number of hydrogen-bond donors (Lipinski definition) is 2. The van der Waals surface area contributed by atoms with Crippen LogP contribution in [-0.4, -0.2) is 55.2 Å². The number of hydrogen-bond acceptors (Lipinski definition) is 5. The number of nitrogens with one attached hydrogen (secondary N) is 2. The molecule has 0 radical (unpaired) electrons. The van der Waals surface area contributed by atoms with E-state index >= 15 is 0 Å². The maximum atomic E-state index is 4.79. The molecule has 0 spiro atoms. The zero-order chi connectivity index (χ0) is 17.5. The fourth-order valence-electron chi connectivity index (χ4n) is 3.65. The maximum absolute atomic E-state index is 4.79. The molecular formula is C18H32IN5S2. The van der Waals surface area contributed by atoms with Gasteiger partial charge in [-0.25, -0.2) is 4.98 Å². The van der Waals surface area contributed by atoms with Gasteiger partial charge in [0, 0.05) is 49.8 Å². The Kier molecular flexibility index (Phi) is 9.83. The lowest BCUT2D eigenvalue weighted by Gasteiger charge is -2.29. The maximum Gasteiger partial charge on any atom is 0.191 e. The van der Waals surface area contributed by atoms with Crippen LogP contribution in [0.5, 0.6) is 0 Å². The highest BCUT2D eigenvalue weighted by molar-refractivity contribution is 14.0. The largest absolute Gasteiger partial charge is 0.356 e. The first kappa shape index (κ1) is 22.1. The summed E-state index contributed by atoms with van der Waals surface area (Å²) in [6.07, 6.45) is 10.9. The number of rotatable bonds is 6. The molecule has 2 unspecified atom stereocenters. The highest BCUT2D eigenvalue weighted by atomic mass is 127. The van der Waals surface area contributed by atoms with Gasteiger partial charge in [-0.05, 0) is 38.4 Å². The summed E-state index contributed by atoms with van der Waals surface area (Å²) < 4.78 is 0. The van der Waals surface area contributed by atoms with Crippen LogP contribution < -0.4 is 15.5 Å². The molecule has 1 saturated heterocycles. The molecule has 1 aromatic rings. The second-order valence-corrected chi connectivity index (χ2v) is 8.90. The molecule has 5 nitrogen and oxygen atoms in total. The van der Waals surface area contributed by atoms with Crippen LogP contribution in [-0.2, 0) is 6.42 Å². The third-order valence-electron chi connectivity index (χ3n) is 5.11. The van der Waals surface area contributed by atoms with Gasteiger partial charge in [-0.1, -0.05) is 6.42 Å². The Morgan fingerprint density at radius 1 is 1.35 bits per heavy atom. The van der Waals surface area contributed by atoms with Gasteiger partial charge in [-0.3, -0.25) is 4.99 Å².